The molecule has 6 rings (SSSR count). The lowest BCUT2D eigenvalue weighted by molar-refractivity contribution is -0.149. The van der Waals surface area contributed by atoms with Gasteiger partial charge in [-0.25, -0.2) is 4.79 Å². The van der Waals surface area contributed by atoms with E-state index in [0.29, 0.717) is 19.4 Å². The minimum atomic E-state index is -0.475. The molecule has 4 aromatic rings. The van der Waals surface area contributed by atoms with Crippen molar-refractivity contribution < 1.29 is 23.9 Å². The first-order valence-electron chi connectivity index (χ1n) is 18.1. The van der Waals surface area contributed by atoms with Crippen molar-refractivity contribution in [2.24, 2.45) is 11.7 Å². The fourth-order valence-corrected chi connectivity index (χ4v) is 6.30. The minimum Gasteiger partial charge on any atom is -0.468 e. The summed E-state index contributed by atoms with van der Waals surface area (Å²) in [5.74, 6) is -0.970. The van der Waals surface area contributed by atoms with E-state index in [1.165, 1.54) is 47.6 Å². The Bertz CT molecular complexity index is 1680. The van der Waals surface area contributed by atoms with Crippen molar-refractivity contribution in [1.82, 2.24) is 5.32 Å². The molecule has 268 valence electrons. The molecule has 0 radical (unpaired) electrons. The molecule has 0 heterocycles. The molecule has 7 heteroatoms. The molecule has 0 bridgehead atoms. The van der Waals surface area contributed by atoms with Crippen LogP contribution in [0.25, 0.3) is 22.3 Å². The number of carbonyl (C=O) groups is 3. The van der Waals surface area contributed by atoms with Crippen LogP contribution in [0.5, 0.6) is 0 Å². The predicted octanol–water partition coefficient (Wildman–Crippen LogP) is 8.96. The van der Waals surface area contributed by atoms with Gasteiger partial charge in [0, 0.05) is 25.2 Å². The number of hydrogen-bond acceptors (Lipinski definition) is 7. The molecule has 1 fully saturated rings. The third-order valence-corrected chi connectivity index (χ3v) is 9.30. The van der Waals surface area contributed by atoms with Gasteiger partial charge in [-0.2, -0.15) is 0 Å². The molecule has 1 atom stereocenters. The van der Waals surface area contributed by atoms with Gasteiger partial charge in [0.2, 0.25) is 0 Å². The van der Waals surface area contributed by atoms with Gasteiger partial charge in [-0.05, 0) is 71.9 Å². The van der Waals surface area contributed by atoms with E-state index < -0.39 is 5.92 Å². The topological polar surface area (TPSA) is 108 Å². The monoisotopic (exact) mass is 688 g/mol. The molecule has 1 saturated carbocycles. The Labute approximate surface area is 303 Å². The number of rotatable bonds is 8. The van der Waals surface area contributed by atoms with E-state index in [0.717, 1.165) is 69.2 Å². The van der Waals surface area contributed by atoms with Gasteiger partial charge >= 0.3 is 11.9 Å². The van der Waals surface area contributed by atoms with E-state index in [2.05, 4.69) is 95.0 Å². The molecule has 51 heavy (non-hydrogen) atoms. The summed E-state index contributed by atoms with van der Waals surface area (Å²) in [5.41, 5.74) is 14.7. The quantitative estimate of drug-likeness (QED) is 0.108. The highest BCUT2D eigenvalue weighted by Gasteiger charge is 2.28. The summed E-state index contributed by atoms with van der Waals surface area (Å²) < 4.78 is 9.51. The van der Waals surface area contributed by atoms with E-state index >= 15 is 0 Å². The van der Waals surface area contributed by atoms with Crippen LogP contribution in [0.4, 0.5) is 0 Å². The molecular weight excluding hydrogens is 636 g/mol. The molecule has 3 N–H and O–H groups in total. The van der Waals surface area contributed by atoms with Crippen molar-refractivity contribution >= 4 is 17.7 Å². The second kappa shape index (κ2) is 21.3. The van der Waals surface area contributed by atoms with E-state index in [1.807, 2.05) is 24.3 Å². The van der Waals surface area contributed by atoms with Gasteiger partial charge in [0.1, 0.15) is 11.7 Å². The standard InChI is InChI=1S/C22H25NO2.C13H13N.C9H14O3/c1-25-22(24)20-10-6-3-7-11-21(20)23-16-17-12-14-19(15-13-17)18-8-4-2-5-9-18;14-10-11-6-8-13(9-7-11)12-4-2-1-3-5-12;1-12-9(11)7-5-3-2-4-6-8(7)10/h2,4-5,8-9,12-15,23H,3,6-7,10-11,16H2,1H3;1-9H,10,14H2;7H,2-6H2,1H3. The lowest BCUT2D eigenvalue weighted by atomic mass is 9.99. The van der Waals surface area contributed by atoms with Crippen molar-refractivity contribution in [2.45, 2.75) is 77.3 Å². The number of carbonyl (C=O) groups excluding carboxylic acids is 3. The van der Waals surface area contributed by atoms with E-state index in [9.17, 15) is 14.4 Å². The predicted molar refractivity (Wildman–Crippen MR) is 204 cm³/mol. The van der Waals surface area contributed by atoms with E-state index in [-0.39, 0.29) is 17.7 Å². The first-order valence-corrected chi connectivity index (χ1v) is 18.1. The maximum Gasteiger partial charge on any atom is 0.335 e. The van der Waals surface area contributed by atoms with Gasteiger partial charge in [0.15, 0.2) is 0 Å². The van der Waals surface area contributed by atoms with Crippen molar-refractivity contribution in [3.63, 3.8) is 0 Å². The number of allylic oxidation sites excluding steroid dienone is 1. The third-order valence-electron chi connectivity index (χ3n) is 9.30. The number of benzene rings is 4. The van der Waals surface area contributed by atoms with Crippen LogP contribution in [0.15, 0.2) is 120 Å². The van der Waals surface area contributed by atoms with Gasteiger partial charge in [0.25, 0.3) is 0 Å². The molecule has 2 aliphatic carbocycles. The first kappa shape index (κ1) is 38.8. The normalized spacial score (nSPS) is 15.8. The summed E-state index contributed by atoms with van der Waals surface area (Å²) in [5, 5.41) is 3.48. The number of nitrogens with one attached hydrogen (secondary N) is 1. The molecule has 0 amide bonds. The van der Waals surface area contributed by atoms with Gasteiger partial charge < -0.3 is 20.5 Å². The zero-order valence-electron chi connectivity index (χ0n) is 30.1. The molecule has 0 spiro atoms. The lowest BCUT2D eigenvalue weighted by Gasteiger charge is -2.14. The van der Waals surface area contributed by atoms with Gasteiger partial charge in [-0.1, -0.05) is 128 Å². The minimum absolute atomic E-state index is 0.0550. The molecular formula is C44H52N2O5. The Kier molecular flexibility index (Phi) is 16.2. The Morgan fingerprint density at radius 3 is 1.69 bits per heavy atom. The maximum absolute atomic E-state index is 12.0. The molecule has 2 aliphatic rings. The number of ketones is 1. The van der Waals surface area contributed by atoms with Crippen LogP contribution in [0.3, 0.4) is 0 Å². The van der Waals surface area contributed by atoms with Crippen LogP contribution in [0.1, 0.15) is 75.3 Å². The van der Waals surface area contributed by atoms with Crippen molar-refractivity contribution in [1.29, 1.82) is 0 Å². The van der Waals surface area contributed by atoms with Crippen molar-refractivity contribution in [3.05, 3.63) is 132 Å². The highest BCUT2D eigenvalue weighted by atomic mass is 16.5. The molecule has 0 aliphatic heterocycles. The van der Waals surface area contributed by atoms with Crippen LogP contribution in [-0.2, 0) is 36.9 Å². The van der Waals surface area contributed by atoms with Crippen LogP contribution >= 0.6 is 0 Å². The molecule has 1 unspecified atom stereocenters. The second-order valence-electron chi connectivity index (χ2n) is 12.8. The Hall–Kier alpha value is -5.01. The molecule has 7 nitrogen and oxygen atoms in total. The number of hydrogen-bond donors (Lipinski definition) is 2. The number of ether oxygens (including phenoxy) is 2. The molecule has 0 saturated heterocycles. The SMILES string of the molecule is COC(=O)C1=C(NCc2ccc(-c3ccccc3)cc2)CCCCC1.COC(=O)C1CCCCCC1=O.NCc1ccc(-c2ccccc2)cc1. The second-order valence-corrected chi connectivity index (χ2v) is 12.8. The summed E-state index contributed by atoms with van der Waals surface area (Å²) in [7, 11) is 2.79. The fraction of sp³-hybridized carbons (Fsp3) is 0.341. The molecule has 4 aromatic carbocycles. The summed E-state index contributed by atoms with van der Waals surface area (Å²) >= 11 is 0. The Morgan fingerprint density at radius 2 is 1.14 bits per heavy atom. The highest BCUT2D eigenvalue weighted by molar-refractivity contribution is 5.99. The average Bonchev–Trinajstić information content (AvgIpc) is 3.58. The summed E-state index contributed by atoms with van der Waals surface area (Å²) in [4.78, 5) is 34.4. The summed E-state index contributed by atoms with van der Waals surface area (Å²) in [6.07, 6.45) is 9.23. The lowest BCUT2D eigenvalue weighted by Crippen LogP contribution is -2.23. The largest absolute Gasteiger partial charge is 0.468 e. The van der Waals surface area contributed by atoms with Gasteiger partial charge in [-0.15, -0.1) is 0 Å². The number of nitrogens with two attached hydrogens (primary N) is 1. The van der Waals surface area contributed by atoms with Crippen LogP contribution in [-0.4, -0.2) is 31.9 Å². The molecule has 0 aromatic heterocycles. The van der Waals surface area contributed by atoms with Crippen molar-refractivity contribution in [3.8, 4) is 22.3 Å². The summed E-state index contributed by atoms with van der Waals surface area (Å²) in [6.45, 7) is 1.33. The summed E-state index contributed by atoms with van der Waals surface area (Å²) in [6, 6.07) is 37.7. The van der Waals surface area contributed by atoms with E-state index in [1.54, 1.807) is 0 Å². The Morgan fingerprint density at radius 1 is 0.627 bits per heavy atom. The first-order chi connectivity index (χ1) is 24.9. The number of methoxy groups -OCH3 is 2. The number of esters is 2. The average molecular weight is 689 g/mol. The van der Waals surface area contributed by atoms with Crippen LogP contribution < -0.4 is 11.1 Å². The fourth-order valence-electron chi connectivity index (χ4n) is 6.30. The van der Waals surface area contributed by atoms with E-state index in [4.69, 9.17) is 10.5 Å². The Balaban J connectivity index is 0.000000189. The van der Waals surface area contributed by atoms with Crippen molar-refractivity contribution in [2.75, 3.05) is 14.2 Å². The van der Waals surface area contributed by atoms with Gasteiger partial charge in [0.05, 0.1) is 19.8 Å². The van der Waals surface area contributed by atoms with Gasteiger partial charge in [-0.3, -0.25) is 9.59 Å². The smallest absolute Gasteiger partial charge is 0.335 e. The number of Topliss-reactive ketones (excluding diaryl/α,β-unsaturated/α-hetero) is 1. The maximum atomic E-state index is 12.0. The van der Waals surface area contributed by atoms with Crippen LogP contribution in [0.2, 0.25) is 0 Å². The zero-order chi connectivity index (χ0) is 36.3. The third kappa shape index (κ3) is 12.4. The zero-order valence-corrected chi connectivity index (χ0v) is 30.1. The van der Waals surface area contributed by atoms with Crippen LogP contribution in [0, 0.1) is 5.92 Å². The highest BCUT2D eigenvalue weighted by Crippen LogP contribution is 2.25.